The van der Waals surface area contributed by atoms with Crippen LogP contribution >= 0.6 is 0 Å². The number of ether oxygens (including phenoxy) is 2. The van der Waals surface area contributed by atoms with Gasteiger partial charge in [0.25, 0.3) is 6.43 Å². The van der Waals surface area contributed by atoms with E-state index in [1.807, 2.05) is 0 Å². The second-order valence-corrected chi connectivity index (χ2v) is 5.13. The average Bonchev–Trinajstić information content (AvgIpc) is 2.88. The van der Waals surface area contributed by atoms with Crippen LogP contribution in [0.5, 0.6) is 11.5 Å². The Morgan fingerprint density at radius 1 is 1.32 bits per heavy atom. The smallest absolute Gasteiger partial charge is 0.263 e. The van der Waals surface area contributed by atoms with Gasteiger partial charge in [0.2, 0.25) is 6.79 Å². The Kier molecular flexibility index (Phi) is 3.55. The van der Waals surface area contributed by atoms with Crippen LogP contribution in [0.25, 0.3) is 0 Å². The highest BCUT2D eigenvalue weighted by Gasteiger charge is 2.24. The Bertz CT molecular complexity index is 459. The summed E-state index contributed by atoms with van der Waals surface area (Å²) in [7, 11) is 0. The summed E-state index contributed by atoms with van der Waals surface area (Å²) in [6, 6.07) is 2.95. The van der Waals surface area contributed by atoms with Gasteiger partial charge in [0, 0.05) is 5.56 Å². The third kappa shape index (κ3) is 2.66. The number of fused-ring (bicyclic) bond motifs is 1. The quantitative estimate of drug-likeness (QED) is 0.915. The predicted molar refractivity (Wildman–Crippen MR) is 66.8 cm³/mol. The maximum atomic E-state index is 12.9. The fourth-order valence-electron chi connectivity index (χ4n) is 2.79. The summed E-state index contributed by atoms with van der Waals surface area (Å²) < 4.78 is 36.4. The molecule has 3 rings (SSSR count). The highest BCUT2D eigenvalue weighted by atomic mass is 19.3. The lowest BCUT2D eigenvalue weighted by Gasteiger charge is -2.23. The van der Waals surface area contributed by atoms with Crippen molar-refractivity contribution in [3.63, 3.8) is 0 Å². The Morgan fingerprint density at radius 3 is 2.95 bits per heavy atom. The van der Waals surface area contributed by atoms with E-state index in [2.05, 4.69) is 5.32 Å². The second-order valence-electron chi connectivity index (χ2n) is 5.13. The fourth-order valence-corrected chi connectivity index (χ4v) is 2.79. The molecule has 2 aliphatic heterocycles. The molecule has 1 N–H and O–H groups in total. The van der Waals surface area contributed by atoms with E-state index >= 15 is 0 Å². The van der Waals surface area contributed by atoms with Crippen molar-refractivity contribution in [3.8, 4) is 11.5 Å². The number of nitrogens with one attached hydrogen (secondary N) is 1. The van der Waals surface area contributed by atoms with Crippen LogP contribution in [0.3, 0.4) is 0 Å². The predicted octanol–water partition coefficient (Wildman–Crippen LogP) is 2.89. The number of hydrogen-bond donors (Lipinski definition) is 1. The molecule has 2 heterocycles. The molecule has 1 unspecified atom stereocenters. The molecule has 1 saturated heterocycles. The summed E-state index contributed by atoms with van der Waals surface area (Å²) in [6.45, 7) is 2.11. The van der Waals surface area contributed by atoms with Crippen molar-refractivity contribution in [3.05, 3.63) is 23.3 Å². The number of benzene rings is 1. The third-order valence-electron chi connectivity index (χ3n) is 3.73. The van der Waals surface area contributed by atoms with Crippen molar-refractivity contribution in [1.29, 1.82) is 0 Å². The topological polar surface area (TPSA) is 30.5 Å². The van der Waals surface area contributed by atoms with Gasteiger partial charge in [-0.15, -0.1) is 0 Å². The van der Waals surface area contributed by atoms with E-state index in [1.165, 1.54) is 6.07 Å². The van der Waals surface area contributed by atoms with E-state index in [4.69, 9.17) is 9.47 Å². The molecule has 1 aromatic carbocycles. The number of hydrogen-bond acceptors (Lipinski definition) is 3. The van der Waals surface area contributed by atoms with Gasteiger partial charge in [-0.2, -0.15) is 0 Å². The molecular formula is C14H17F2NO2. The molecule has 0 aromatic heterocycles. The van der Waals surface area contributed by atoms with E-state index in [9.17, 15) is 8.78 Å². The van der Waals surface area contributed by atoms with Crippen molar-refractivity contribution in [1.82, 2.24) is 5.32 Å². The van der Waals surface area contributed by atoms with E-state index in [-0.39, 0.29) is 12.4 Å². The molecule has 1 fully saturated rings. The van der Waals surface area contributed by atoms with Crippen LogP contribution in [0, 0.1) is 5.92 Å². The summed E-state index contributed by atoms with van der Waals surface area (Å²) >= 11 is 0. The van der Waals surface area contributed by atoms with E-state index in [0.717, 1.165) is 37.9 Å². The first kappa shape index (κ1) is 12.7. The van der Waals surface area contributed by atoms with Gasteiger partial charge in [-0.1, -0.05) is 0 Å². The normalized spacial score (nSPS) is 21.9. The minimum Gasteiger partial charge on any atom is -0.454 e. The fraction of sp³-hybridized carbons (Fsp3) is 0.571. The van der Waals surface area contributed by atoms with Crippen LogP contribution in [0.4, 0.5) is 8.78 Å². The van der Waals surface area contributed by atoms with Gasteiger partial charge < -0.3 is 14.8 Å². The number of alkyl halides is 2. The third-order valence-corrected chi connectivity index (χ3v) is 3.73. The molecule has 3 nitrogen and oxygen atoms in total. The van der Waals surface area contributed by atoms with Crippen LogP contribution in [0.2, 0.25) is 0 Å². The maximum absolute atomic E-state index is 12.9. The van der Waals surface area contributed by atoms with Crippen molar-refractivity contribution in [2.75, 3.05) is 19.9 Å². The highest BCUT2D eigenvalue weighted by molar-refractivity contribution is 5.51. The van der Waals surface area contributed by atoms with Gasteiger partial charge in [0.1, 0.15) is 0 Å². The van der Waals surface area contributed by atoms with Crippen molar-refractivity contribution >= 4 is 0 Å². The van der Waals surface area contributed by atoms with Gasteiger partial charge in [0.05, 0.1) is 0 Å². The van der Waals surface area contributed by atoms with Gasteiger partial charge in [-0.25, -0.2) is 8.78 Å². The summed E-state index contributed by atoms with van der Waals surface area (Å²) in [5, 5.41) is 3.34. The van der Waals surface area contributed by atoms with Gasteiger partial charge >= 0.3 is 0 Å². The minimum absolute atomic E-state index is 0.0167. The standard InChI is InChI=1S/C14H17F2NO2/c15-14(16)11-5-10(4-9-2-1-3-17-7-9)13-12(6-11)18-8-19-13/h5-6,9,14,17H,1-4,7-8H2. The van der Waals surface area contributed by atoms with E-state index < -0.39 is 6.43 Å². The molecule has 104 valence electrons. The molecule has 1 aromatic rings. The lowest BCUT2D eigenvalue weighted by atomic mass is 9.91. The largest absolute Gasteiger partial charge is 0.454 e. The summed E-state index contributed by atoms with van der Waals surface area (Å²) in [4.78, 5) is 0. The molecule has 2 aliphatic rings. The molecule has 1 atom stereocenters. The number of halogens is 2. The molecule has 0 radical (unpaired) electrons. The van der Waals surface area contributed by atoms with Crippen LogP contribution in [0.1, 0.15) is 30.4 Å². The number of piperidine rings is 1. The monoisotopic (exact) mass is 269 g/mol. The number of rotatable bonds is 3. The molecule has 19 heavy (non-hydrogen) atoms. The molecular weight excluding hydrogens is 252 g/mol. The molecule has 0 amide bonds. The lowest BCUT2D eigenvalue weighted by Crippen LogP contribution is -2.30. The first-order valence-corrected chi connectivity index (χ1v) is 6.65. The Balaban J connectivity index is 1.86. The highest BCUT2D eigenvalue weighted by Crippen LogP contribution is 2.40. The first-order chi connectivity index (χ1) is 9.24. The Morgan fingerprint density at radius 2 is 2.21 bits per heavy atom. The van der Waals surface area contributed by atoms with Crippen LogP contribution in [0.15, 0.2) is 12.1 Å². The van der Waals surface area contributed by atoms with Crippen molar-refractivity contribution < 1.29 is 18.3 Å². The maximum Gasteiger partial charge on any atom is 0.263 e. The molecule has 0 saturated carbocycles. The zero-order valence-electron chi connectivity index (χ0n) is 10.6. The molecule has 5 heteroatoms. The van der Waals surface area contributed by atoms with Crippen LogP contribution in [-0.2, 0) is 6.42 Å². The van der Waals surface area contributed by atoms with Crippen LogP contribution < -0.4 is 14.8 Å². The van der Waals surface area contributed by atoms with Crippen LogP contribution in [-0.4, -0.2) is 19.9 Å². The lowest BCUT2D eigenvalue weighted by molar-refractivity contribution is 0.150. The second kappa shape index (κ2) is 5.33. The van der Waals surface area contributed by atoms with Crippen molar-refractivity contribution in [2.24, 2.45) is 5.92 Å². The Labute approximate surface area is 110 Å². The molecule has 0 spiro atoms. The summed E-state index contributed by atoms with van der Waals surface area (Å²) in [6.07, 6.45) is 0.553. The first-order valence-electron chi connectivity index (χ1n) is 6.65. The summed E-state index contributed by atoms with van der Waals surface area (Å²) in [5.74, 6) is 1.58. The molecule has 0 aliphatic carbocycles. The average molecular weight is 269 g/mol. The van der Waals surface area contributed by atoms with E-state index in [0.29, 0.717) is 17.4 Å². The van der Waals surface area contributed by atoms with Crippen molar-refractivity contribution in [2.45, 2.75) is 25.7 Å². The van der Waals surface area contributed by atoms with Gasteiger partial charge in [-0.05, 0) is 56.0 Å². The van der Waals surface area contributed by atoms with E-state index in [1.54, 1.807) is 6.07 Å². The SMILES string of the molecule is FC(F)c1cc(CC2CCCNC2)c2c(c1)OCO2. The summed E-state index contributed by atoms with van der Waals surface area (Å²) in [5.41, 5.74) is 0.863. The minimum atomic E-state index is -2.47. The molecule has 0 bridgehead atoms. The Hall–Kier alpha value is -1.36. The zero-order chi connectivity index (χ0) is 13.2. The van der Waals surface area contributed by atoms with Gasteiger partial charge in [0.15, 0.2) is 11.5 Å². The zero-order valence-corrected chi connectivity index (χ0v) is 10.6. The van der Waals surface area contributed by atoms with Gasteiger partial charge in [-0.3, -0.25) is 0 Å².